The fourth-order valence-electron chi connectivity index (χ4n) is 5.72. The predicted octanol–water partition coefficient (Wildman–Crippen LogP) is 0.646. The van der Waals surface area contributed by atoms with Gasteiger partial charge in [-0.1, -0.05) is 5.16 Å². The van der Waals surface area contributed by atoms with Crippen molar-refractivity contribution in [3.63, 3.8) is 0 Å². The van der Waals surface area contributed by atoms with Crippen LogP contribution in [-0.2, 0) is 14.3 Å². The molecule has 5 rings (SSSR count). The summed E-state index contributed by atoms with van der Waals surface area (Å²) in [5.74, 6) is 0.384. The number of likely N-dealkylation sites (N-methyl/N-ethyl adjacent to an activating group) is 1. The molecular formula is C22H40N4O4. The number of aliphatic hydroxyl groups excluding tert-OH is 1. The first kappa shape index (κ1) is 22.4. The van der Waals surface area contributed by atoms with Gasteiger partial charge in [0.15, 0.2) is 0 Å². The summed E-state index contributed by atoms with van der Waals surface area (Å²) in [5.41, 5.74) is 0.395. The number of nitrogens with zero attached hydrogens (tertiary/aromatic N) is 4. The van der Waals surface area contributed by atoms with E-state index in [1.54, 1.807) is 0 Å². The van der Waals surface area contributed by atoms with E-state index < -0.39 is 11.7 Å². The van der Waals surface area contributed by atoms with Crippen LogP contribution in [0.2, 0.25) is 0 Å². The van der Waals surface area contributed by atoms with E-state index in [-0.39, 0.29) is 18.2 Å². The van der Waals surface area contributed by atoms with E-state index in [0.29, 0.717) is 12.5 Å². The summed E-state index contributed by atoms with van der Waals surface area (Å²) in [6.07, 6.45) is 1.57. The van der Waals surface area contributed by atoms with Crippen LogP contribution in [-0.4, -0.2) is 122 Å². The Bertz CT molecular complexity index is 616. The molecule has 8 heteroatoms. The van der Waals surface area contributed by atoms with Gasteiger partial charge in [0, 0.05) is 51.7 Å². The van der Waals surface area contributed by atoms with E-state index >= 15 is 0 Å². The smallest absolute Gasteiger partial charge is 0.144 e. The second kappa shape index (κ2) is 9.00. The van der Waals surface area contributed by atoms with Gasteiger partial charge in [0.25, 0.3) is 0 Å². The zero-order chi connectivity index (χ0) is 21.4. The van der Waals surface area contributed by atoms with Gasteiger partial charge in [0.2, 0.25) is 0 Å². The number of hydrogen-bond donors (Lipinski definition) is 1. The van der Waals surface area contributed by atoms with E-state index in [1.807, 2.05) is 0 Å². The third kappa shape index (κ3) is 4.69. The largest absolute Gasteiger partial charge is 0.393 e. The molecule has 8 nitrogen and oxygen atoms in total. The third-order valence-electron chi connectivity index (χ3n) is 7.45. The van der Waals surface area contributed by atoms with Crippen LogP contribution in [0, 0.1) is 5.92 Å². The lowest BCUT2D eigenvalue weighted by Gasteiger charge is -2.59. The van der Waals surface area contributed by atoms with E-state index in [4.69, 9.17) is 14.3 Å². The van der Waals surface area contributed by atoms with Gasteiger partial charge in [-0.05, 0) is 40.7 Å². The molecule has 5 aliphatic rings. The molecule has 0 radical (unpaired) electrons. The number of ether oxygens (including phenoxy) is 2. The molecule has 1 aliphatic carbocycles. The number of hydrogen-bond acceptors (Lipinski definition) is 8. The maximum atomic E-state index is 10.5. The molecule has 1 N–H and O–H groups in total. The molecule has 0 aromatic heterocycles. The molecule has 0 aromatic carbocycles. The van der Waals surface area contributed by atoms with E-state index in [1.165, 1.54) is 0 Å². The molecule has 2 bridgehead atoms. The first-order chi connectivity index (χ1) is 14.3. The van der Waals surface area contributed by atoms with Gasteiger partial charge in [0.1, 0.15) is 24.0 Å². The minimum Gasteiger partial charge on any atom is -0.393 e. The molecule has 4 atom stereocenters. The van der Waals surface area contributed by atoms with Crippen LogP contribution in [0.25, 0.3) is 0 Å². The molecule has 30 heavy (non-hydrogen) atoms. The number of fused-ring (bicyclic) bond motifs is 3. The van der Waals surface area contributed by atoms with E-state index in [0.717, 1.165) is 71.0 Å². The van der Waals surface area contributed by atoms with Gasteiger partial charge in [0.05, 0.1) is 24.9 Å². The van der Waals surface area contributed by atoms with Crippen LogP contribution in [0.15, 0.2) is 5.16 Å². The first-order valence-electron chi connectivity index (χ1n) is 11.6. The minimum atomic E-state index is -0.537. The van der Waals surface area contributed by atoms with Gasteiger partial charge >= 0.3 is 0 Å². The van der Waals surface area contributed by atoms with Crippen molar-refractivity contribution in [3.05, 3.63) is 0 Å². The Hall–Kier alpha value is -0.770. The fourth-order valence-corrected chi connectivity index (χ4v) is 5.72. The Labute approximate surface area is 181 Å². The molecule has 0 spiro atoms. The first-order valence-corrected chi connectivity index (χ1v) is 11.6. The number of morpholine rings is 1. The van der Waals surface area contributed by atoms with Crippen LogP contribution >= 0.6 is 0 Å². The van der Waals surface area contributed by atoms with Crippen molar-refractivity contribution in [2.24, 2.45) is 11.1 Å². The average molecular weight is 425 g/mol. The Morgan fingerprint density at radius 2 is 1.83 bits per heavy atom. The number of oxime groups is 1. The third-order valence-corrected chi connectivity index (χ3v) is 7.45. The highest BCUT2D eigenvalue weighted by Gasteiger charge is 2.59. The highest BCUT2D eigenvalue weighted by atomic mass is 16.6. The summed E-state index contributed by atoms with van der Waals surface area (Å²) in [4.78, 5) is 12.9. The van der Waals surface area contributed by atoms with Crippen molar-refractivity contribution in [2.75, 3.05) is 72.7 Å². The summed E-state index contributed by atoms with van der Waals surface area (Å²) < 4.78 is 12.1. The molecule has 4 aliphatic heterocycles. The van der Waals surface area contributed by atoms with Crippen LogP contribution in [0.1, 0.15) is 33.6 Å². The monoisotopic (exact) mass is 424 g/mol. The molecule has 4 saturated heterocycles. The van der Waals surface area contributed by atoms with Gasteiger partial charge in [-0.3, -0.25) is 9.80 Å². The molecule has 4 heterocycles. The van der Waals surface area contributed by atoms with Gasteiger partial charge in [-0.15, -0.1) is 0 Å². The highest BCUT2D eigenvalue weighted by molar-refractivity contribution is 5.98. The summed E-state index contributed by atoms with van der Waals surface area (Å²) in [7, 11) is 2.14. The lowest BCUT2D eigenvalue weighted by molar-refractivity contribution is -0.199. The molecule has 172 valence electrons. The van der Waals surface area contributed by atoms with Crippen LogP contribution < -0.4 is 0 Å². The number of piperazine rings is 1. The van der Waals surface area contributed by atoms with Gasteiger partial charge in [-0.2, -0.15) is 0 Å². The highest BCUT2D eigenvalue weighted by Crippen LogP contribution is 2.50. The topological polar surface area (TPSA) is 70.0 Å². The number of rotatable bonds is 6. The summed E-state index contributed by atoms with van der Waals surface area (Å²) in [6, 6.07) is 0.214. The molecule has 1 saturated carbocycles. The molecule has 0 amide bonds. The fraction of sp³-hybridized carbons (Fsp3) is 0.955. The summed E-state index contributed by atoms with van der Waals surface area (Å²) in [6.45, 7) is 14.8. The van der Waals surface area contributed by atoms with Crippen molar-refractivity contribution in [1.82, 2.24) is 14.7 Å². The zero-order valence-electron chi connectivity index (χ0n) is 19.2. The molecule has 5 fully saturated rings. The summed E-state index contributed by atoms with van der Waals surface area (Å²) >= 11 is 0. The molecule has 1 unspecified atom stereocenters. The van der Waals surface area contributed by atoms with Crippen molar-refractivity contribution < 1.29 is 19.4 Å². The second-order valence-electron chi connectivity index (χ2n) is 10.2. The Balaban J connectivity index is 1.41. The quantitative estimate of drug-likeness (QED) is 0.628. The van der Waals surface area contributed by atoms with Gasteiger partial charge in [-0.25, -0.2) is 0 Å². The lowest BCUT2D eigenvalue weighted by atomic mass is 9.64. The maximum Gasteiger partial charge on any atom is 0.144 e. The Morgan fingerprint density at radius 1 is 1.13 bits per heavy atom. The molecular weight excluding hydrogens is 384 g/mol. The van der Waals surface area contributed by atoms with Crippen LogP contribution in [0.4, 0.5) is 0 Å². The summed E-state index contributed by atoms with van der Waals surface area (Å²) in [5, 5.41) is 15.1. The maximum absolute atomic E-state index is 10.5. The Kier molecular flexibility index (Phi) is 6.73. The van der Waals surface area contributed by atoms with Crippen molar-refractivity contribution in [1.29, 1.82) is 0 Å². The Morgan fingerprint density at radius 3 is 2.50 bits per heavy atom. The average Bonchev–Trinajstić information content (AvgIpc) is 2.70. The van der Waals surface area contributed by atoms with E-state index in [2.05, 4.69) is 47.7 Å². The lowest BCUT2D eigenvalue weighted by Crippen LogP contribution is -2.71. The van der Waals surface area contributed by atoms with Crippen molar-refractivity contribution >= 4 is 5.71 Å². The van der Waals surface area contributed by atoms with E-state index in [9.17, 15) is 5.11 Å². The standard InChI is InChI=1S/C22H40N4O4/c1-21(2)18-5-6-22(3,30-21)20(19(18)26-11-13-28-14-12-26)23-29-16-17(27)15-25-9-7-24(4)8-10-25/h17-19,27H,5-16H2,1-4H3/b23-20+/t17?,18-,19-,22+/m1/s1. The van der Waals surface area contributed by atoms with Crippen LogP contribution in [0.3, 0.4) is 0 Å². The minimum absolute atomic E-state index is 0.185. The number of β-amino-alcohol motifs (C(OH)–C–C–N with tert-alkyl or cyclic N) is 1. The van der Waals surface area contributed by atoms with Crippen molar-refractivity contribution in [3.8, 4) is 0 Å². The zero-order valence-corrected chi connectivity index (χ0v) is 19.2. The van der Waals surface area contributed by atoms with Crippen molar-refractivity contribution in [2.45, 2.75) is 57.0 Å². The number of aliphatic hydroxyl groups is 1. The predicted molar refractivity (Wildman–Crippen MR) is 116 cm³/mol. The normalized spacial score (nSPS) is 38.1. The molecule has 0 aromatic rings. The van der Waals surface area contributed by atoms with Crippen LogP contribution in [0.5, 0.6) is 0 Å². The SMILES string of the molecule is CN1CCN(CC(O)CO/N=C2\[C@H](N3CCOCC3)[C@H]3CC[C@]2(C)OC3(C)C)CC1. The van der Waals surface area contributed by atoms with Gasteiger partial charge < -0.3 is 24.3 Å². The second-order valence-corrected chi connectivity index (χ2v) is 10.2.